The lowest BCUT2D eigenvalue weighted by Crippen LogP contribution is -2.17. The van der Waals surface area contributed by atoms with Crippen LogP contribution in [0.5, 0.6) is 0 Å². The van der Waals surface area contributed by atoms with Crippen molar-refractivity contribution in [2.45, 2.75) is 6.04 Å². The molecule has 1 N–H and O–H groups in total. The van der Waals surface area contributed by atoms with Crippen LogP contribution < -0.4 is 5.32 Å². The number of rotatable bonds is 3. The molecule has 64 valence electrons. The molecule has 0 bridgehead atoms. The Morgan fingerprint density at radius 3 is 2.42 bits per heavy atom. The highest BCUT2D eigenvalue weighted by molar-refractivity contribution is 6.30. The summed E-state index contributed by atoms with van der Waals surface area (Å²) >= 11 is 5.69. The third kappa shape index (κ3) is 2.06. The van der Waals surface area contributed by atoms with Gasteiger partial charge in [0.2, 0.25) is 0 Å². The van der Waals surface area contributed by atoms with Gasteiger partial charge in [-0.05, 0) is 24.7 Å². The number of hydrogen-bond donors (Lipinski definition) is 1. The Morgan fingerprint density at radius 1 is 1.42 bits per heavy atom. The van der Waals surface area contributed by atoms with E-state index in [4.69, 9.17) is 11.6 Å². The van der Waals surface area contributed by atoms with E-state index in [1.54, 1.807) is 19.2 Å². The zero-order chi connectivity index (χ0) is 8.97. The number of likely N-dealkylation sites (N-methyl/N-ethyl adjacent to an activating group) is 1. The van der Waals surface area contributed by atoms with Crippen LogP contribution in [0.3, 0.4) is 0 Å². The summed E-state index contributed by atoms with van der Waals surface area (Å²) in [5, 5.41) is 3.56. The molecule has 1 unspecified atom stereocenters. The SMILES string of the molecule is CNC(C=O)c1ccc(Cl)cc1. The Balaban J connectivity index is 2.87. The molecule has 0 aliphatic heterocycles. The van der Waals surface area contributed by atoms with E-state index >= 15 is 0 Å². The second-order valence-electron chi connectivity index (χ2n) is 2.45. The smallest absolute Gasteiger partial charge is 0.141 e. The first-order valence-corrected chi connectivity index (χ1v) is 4.03. The number of aldehydes is 1. The zero-order valence-electron chi connectivity index (χ0n) is 6.75. The second kappa shape index (κ2) is 4.24. The molecule has 1 rings (SSSR count). The van der Waals surface area contributed by atoms with Gasteiger partial charge in [-0.1, -0.05) is 23.7 Å². The van der Waals surface area contributed by atoms with Gasteiger partial charge < -0.3 is 10.1 Å². The minimum atomic E-state index is -0.234. The Hall–Kier alpha value is -0.860. The third-order valence-electron chi connectivity index (χ3n) is 1.68. The molecule has 0 saturated carbocycles. The maximum atomic E-state index is 10.5. The van der Waals surface area contributed by atoms with Gasteiger partial charge >= 0.3 is 0 Å². The Bertz CT molecular complexity index is 258. The summed E-state index contributed by atoms with van der Waals surface area (Å²) in [5.74, 6) is 0. The van der Waals surface area contributed by atoms with Crippen molar-refractivity contribution in [3.05, 3.63) is 34.9 Å². The molecule has 12 heavy (non-hydrogen) atoms. The molecule has 1 atom stereocenters. The normalized spacial score (nSPS) is 12.5. The van der Waals surface area contributed by atoms with Crippen LogP contribution in [0.25, 0.3) is 0 Å². The molecule has 0 spiro atoms. The highest BCUT2D eigenvalue weighted by atomic mass is 35.5. The third-order valence-corrected chi connectivity index (χ3v) is 1.93. The largest absolute Gasteiger partial charge is 0.307 e. The van der Waals surface area contributed by atoms with Gasteiger partial charge in [-0.25, -0.2) is 0 Å². The second-order valence-corrected chi connectivity index (χ2v) is 2.89. The number of nitrogens with one attached hydrogen (secondary N) is 1. The highest BCUT2D eigenvalue weighted by Gasteiger charge is 2.05. The Labute approximate surface area is 76.5 Å². The van der Waals surface area contributed by atoms with Gasteiger partial charge in [-0.3, -0.25) is 0 Å². The van der Waals surface area contributed by atoms with Crippen molar-refractivity contribution in [2.75, 3.05) is 7.05 Å². The van der Waals surface area contributed by atoms with Crippen LogP contribution in [0.15, 0.2) is 24.3 Å². The van der Waals surface area contributed by atoms with Gasteiger partial charge in [0, 0.05) is 5.02 Å². The molecule has 1 aromatic carbocycles. The van der Waals surface area contributed by atoms with Gasteiger partial charge in [0.15, 0.2) is 0 Å². The fraction of sp³-hybridized carbons (Fsp3) is 0.222. The van der Waals surface area contributed by atoms with Crippen molar-refractivity contribution in [2.24, 2.45) is 0 Å². The van der Waals surface area contributed by atoms with E-state index in [0.29, 0.717) is 5.02 Å². The number of hydrogen-bond acceptors (Lipinski definition) is 2. The lowest BCUT2D eigenvalue weighted by atomic mass is 10.1. The summed E-state index contributed by atoms with van der Waals surface area (Å²) < 4.78 is 0. The molecule has 0 amide bonds. The standard InChI is InChI=1S/C9H10ClNO/c1-11-9(6-12)7-2-4-8(10)5-3-7/h2-6,9,11H,1H3. The maximum Gasteiger partial charge on any atom is 0.141 e. The first-order chi connectivity index (χ1) is 5.77. The summed E-state index contributed by atoms with van der Waals surface area (Å²) in [6, 6.07) is 6.97. The molecule has 0 heterocycles. The number of benzene rings is 1. The average molecular weight is 184 g/mol. The Kier molecular flexibility index (Phi) is 3.26. The lowest BCUT2D eigenvalue weighted by molar-refractivity contribution is -0.109. The minimum absolute atomic E-state index is 0.234. The average Bonchev–Trinajstić information content (AvgIpc) is 2.10. The van der Waals surface area contributed by atoms with E-state index in [1.165, 1.54) is 0 Å². The molecule has 0 aromatic heterocycles. The lowest BCUT2D eigenvalue weighted by Gasteiger charge is -2.08. The van der Waals surface area contributed by atoms with E-state index in [9.17, 15) is 4.79 Å². The van der Waals surface area contributed by atoms with Crippen molar-refractivity contribution >= 4 is 17.9 Å². The van der Waals surface area contributed by atoms with Crippen LogP contribution in [0.1, 0.15) is 11.6 Å². The molecular weight excluding hydrogens is 174 g/mol. The van der Waals surface area contributed by atoms with E-state index in [0.717, 1.165) is 11.8 Å². The van der Waals surface area contributed by atoms with E-state index in [2.05, 4.69) is 5.32 Å². The van der Waals surface area contributed by atoms with Gasteiger partial charge in [-0.2, -0.15) is 0 Å². The number of carbonyl (C=O) groups is 1. The van der Waals surface area contributed by atoms with Gasteiger partial charge in [0.1, 0.15) is 6.29 Å². The van der Waals surface area contributed by atoms with E-state index in [1.807, 2.05) is 12.1 Å². The first-order valence-electron chi connectivity index (χ1n) is 3.66. The van der Waals surface area contributed by atoms with Crippen LogP contribution in [-0.4, -0.2) is 13.3 Å². The summed E-state index contributed by atoms with van der Waals surface area (Å²) in [6.45, 7) is 0. The molecule has 0 saturated heterocycles. The van der Waals surface area contributed by atoms with Crippen molar-refractivity contribution < 1.29 is 4.79 Å². The zero-order valence-corrected chi connectivity index (χ0v) is 7.51. The van der Waals surface area contributed by atoms with Crippen LogP contribution >= 0.6 is 11.6 Å². The van der Waals surface area contributed by atoms with Crippen LogP contribution in [0.4, 0.5) is 0 Å². The monoisotopic (exact) mass is 183 g/mol. The first kappa shape index (κ1) is 9.23. The summed E-state index contributed by atoms with van der Waals surface area (Å²) in [6.07, 6.45) is 0.864. The summed E-state index contributed by atoms with van der Waals surface area (Å²) in [7, 11) is 1.74. The molecule has 0 fully saturated rings. The Morgan fingerprint density at radius 2 is 2.00 bits per heavy atom. The van der Waals surface area contributed by atoms with Gasteiger partial charge in [0.25, 0.3) is 0 Å². The quantitative estimate of drug-likeness (QED) is 0.725. The van der Waals surface area contributed by atoms with Crippen molar-refractivity contribution in [1.29, 1.82) is 0 Å². The summed E-state index contributed by atoms with van der Waals surface area (Å²) in [5.41, 5.74) is 0.928. The van der Waals surface area contributed by atoms with E-state index in [-0.39, 0.29) is 6.04 Å². The molecule has 2 nitrogen and oxygen atoms in total. The fourth-order valence-electron chi connectivity index (χ4n) is 0.983. The van der Waals surface area contributed by atoms with Crippen LogP contribution in [0, 0.1) is 0 Å². The van der Waals surface area contributed by atoms with Gasteiger partial charge in [0.05, 0.1) is 6.04 Å². The summed E-state index contributed by atoms with van der Waals surface area (Å²) in [4.78, 5) is 10.5. The van der Waals surface area contributed by atoms with Crippen LogP contribution in [-0.2, 0) is 4.79 Å². The molecule has 0 aliphatic carbocycles. The molecular formula is C9H10ClNO. The minimum Gasteiger partial charge on any atom is -0.307 e. The van der Waals surface area contributed by atoms with Gasteiger partial charge in [-0.15, -0.1) is 0 Å². The predicted octanol–water partition coefficient (Wildman–Crippen LogP) is 1.80. The van der Waals surface area contributed by atoms with Crippen molar-refractivity contribution in [3.63, 3.8) is 0 Å². The fourth-order valence-corrected chi connectivity index (χ4v) is 1.11. The highest BCUT2D eigenvalue weighted by Crippen LogP contribution is 2.14. The predicted molar refractivity (Wildman–Crippen MR) is 49.3 cm³/mol. The molecule has 1 aromatic rings. The maximum absolute atomic E-state index is 10.5. The topological polar surface area (TPSA) is 29.1 Å². The van der Waals surface area contributed by atoms with Crippen molar-refractivity contribution in [3.8, 4) is 0 Å². The number of carbonyl (C=O) groups excluding carboxylic acids is 1. The van der Waals surface area contributed by atoms with Crippen LogP contribution in [0.2, 0.25) is 5.02 Å². The molecule has 0 aliphatic rings. The molecule has 0 radical (unpaired) electrons. The molecule has 3 heteroatoms. The number of halogens is 1. The van der Waals surface area contributed by atoms with Crippen molar-refractivity contribution in [1.82, 2.24) is 5.32 Å². The van der Waals surface area contributed by atoms with E-state index < -0.39 is 0 Å².